The Labute approximate surface area is 122 Å². The molecule has 0 fully saturated rings. The van der Waals surface area contributed by atoms with Gasteiger partial charge in [0, 0.05) is 30.9 Å². The third kappa shape index (κ3) is 3.70. The van der Waals surface area contributed by atoms with Crippen LogP contribution >= 0.6 is 0 Å². The van der Waals surface area contributed by atoms with Crippen molar-refractivity contribution in [1.82, 2.24) is 15.1 Å². The van der Waals surface area contributed by atoms with Crippen LogP contribution in [0.3, 0.4) is 0 Å². The first-order valence-corrected chi connectivity index (χ1v) is 7.27. The lowest BCUT2D eigenvalue weighted by Crippen LogP contribution is -2.19. The summed E-state index contributed by atoms with van der Waals surface area (Å²) in [7, 11) is 1.98. The molecule has 0 saturated carbocycles. The van der Waals surface area contributed by atoms with Crippen LogP contribution in [0.5, 0.6) is 0 Å². The van der Waals surface area contributed by atoms with Crippen LogP contribution in [0.4, 0.5) is 0 Å². The number of rotatable bonds is 5. The van der Waals surface area contributed by atoms with Crippen LogP contribution in [-0.4, -0.2) is 16.3 Å². The Hall–Kier alpha value is -1.61. The van der Waals surface area contributed by atoms with Gasteiger partial charge in [0.15, 0.2) is 0 Å². The van der Waals surface area contributed by atoms with E-state index < -0.39 is 0 Å². The Morgan fingerprint density at radius 3 is 2.40 bits per heavy atom. The molecule has 3 heteroatoms. The molecular weight excluding hydrogens is 246 g/mol. The fraction of sp³-hybridized carbons (Fsp3) is 0.471. The first-order chi connectivity index (χ1) is 9.45. The van der Waals surface area contributed by atoms with E-state index in [1.807, 2.05) is 11.7 Å². The molecule has 1 heterocycles. The Balaban J connectivity index is 2.26. The molecule has 20 heavy (non-hydrogen) atoms. The van der Waals surface area contributed by atoms with Crippen molar-refractivity contribution in [3.8, 4) is 11.3 Å². The molecule has 1 aromatic carbocycles. The average Bonchev–Trinajstić information content (AvgIpc) is 2.69. The van der Waals surface area contributed by atoms with E-state index in [1.54, 1.807) is 0 Å². The van der Waals surface area contributed by atoms with Crippen molar-refractivity contribution in [1.29, 1.82) is 0 Å². The zero-order chi connectivity index (χ0) is 14.7. The molecule has 3 nitrogen and oxygen atoms in total. The summed E-state index contributed by atoms with van der Waals surface area (Å²) in [6.07, 6.45) is 2.11. The van der Waals surface area contributed by atoms with E-state index in [0.717, 1.165) is 18.8 Å². The number of hydrogen-bond donors (Lipinski definition) is 1. The second-order valence-corrected chi connectivity index (χ2v) is 6.08. The predicted octanol–water partition coefficient (Wildman–Crippen LogP) is 3.45. The largest absolute Gasteiger partial charge is 0.312 e. The van der Waals surface area contributed by atoms with Gasteiger partial charge in [0.05, 0.1) is 5.69 Å². The van der Waals surface area contributed by atoms with Crippen LogP contribution in [0.25, 0.3) is 11.3 Å². The maximum atomic E-state index is 4.64. The standard InChI is InChI=1S/C17H25N3/c1-12(2)9-18-10-16-11-20(5)19-17(16)15-7-13(3)6-14(4)8-15/h6-8,11-12,18H,9-10H2,1-5H3. The lowest BCUT2D eigenvalue weighted by Gasteiger charge is -2.08. The van der Waals surface area contributed by atoms with Crippen LogP contribution in [0.1, 0.15) is 30.5 Å². The van der Waals surface area contributed by atoms with Crippen LogP contribution < -0.4 is 5.32 Å². The van der Waals surface area contributed by atoms with Crippen molar-refractivity contribution in [3.05, 3.63) is 41.1 Å². The molecule has 0 aliphatic rings. The van der Waals surface area contributed by atoms with Crippen molar-refractivity contribution < 1.29 is 0 Å². The molecule has 2 aromatic rings. The Kier molecular flexibility index (Phi) is 4.61. The van der Waals surface area contributed by atoms with Gasteiger partial charge in [-0.2, -0.15) is 5.10 Å². The van der Waals surface area contributed by atoms with Gasteiger partial charge in [-0.15, -0.1) is 0 Å². The zero-order valence-electron chi connectivity index (χ0n) is 13.2. The highest BCUT2D eigenvalue weighted by Gasteiger charge is 2.10. The molecule has 108 valence electrons. The molecule has 0 unspecified atom stereocenters. The van der Waals surface area contributed by atoms with Crippen LogP contribution in [-0.2, 0) is 13.6 Å². The molecule has 1 N–H and O–H groups in total. The monoisotopic (exact) mass is 271 g/mol. The fourth-order valence-electron chi connectivity index (χ4n) is 2.52. The minimum absolute atomic E-state index is 0.663. The second kappa shape index (κ2) is 6.23. The van der Waals surface area contributed by atoms with Crippen LogP contribution in [0.15, 0.2) is 24.4 Å². The first-order valence-electron chi connectivity index (χ1n) is 7.27. The molecule has 0 amide bonds. The fourth-order valence-corrected chi connectivity index (χ4v) is 2.52. The van der Waals surface area contributed by atoms with Crippen molar-refractivity contribution in [3.63, 3.8) is 0 Å². The SMILES string of the molecule is Cc1cc(C)cc(-c2nn(C)cc2CNCC(C)C)c1. The number of nitrogens with zero attached hydrogens (tertiary/aromatic N) is 2. The molecular formula is C17H25N3. The van der Waals surface area contributed by atoms with Gasteiger partial charge >= 0.3 is 0 Å². The van der Waals surface area contributed by atoms with Crippen molar-refractivity contribution in [2.45, 2.75) is 34.2 Å². The smallest absolute Gasteiger partial charge is 0.0968 e. The lowest BCUT2D eigenvalue weighted by atomic mass is 10.0. The number of aromatic nitrogens is 2. The van der Waals surface area contributed by atoms with Crippen LogP contribution in [0, 0.1) is 19.8 Å². The minimum atomic E-state index is 0.663. The summed E-state index contributed by atoms with van der Waals surface area (Å²) in [4.78, 5) is 0. The van der Waals surface area contributed by atoms with Crippen molar-refractivity contribution in [2.75, 3.05) is 6.54 Å². The molecule has 0 spiro atoms. The minimum Gasteiger partial charge on any atom is -0.312 e. The maximum absolute atomic E-state index is 4.64. The van der Waals surface area contributed by atoms with Crippen molar-refractivity contribution >= 4 is 0 Å². The van der Waals surface area contributed by atoms with Gasteiger partial charge in [0.1, 0.15) is 0 Å². The maximum Gasteiger partial charge on any atom is 0.0968 e. The quantitative estimate of drug-likeness (QED) is 0.902. The summed E-state index contributed by atoms with van der Waals surface area (Å²) in [6.45, 7) is 10.6. The normalized spacial score (nSPS) is 11.3. The van der Waals surface area contributed by atoms with Gasteiger partial charge < -0.3 is 5.32 Å². The van der Waals surface area contributed by atoms with E-state index >= 15 is 0 Å². The topological polar surface area (TPSA) is 29.9 Å². The van der Waals surface area contributed by atoms with E-state index in [4.69, 9.17) is 0 Å². The van der Waals surface area contributed by atoms with Gasteiger partial charge in [-0.3, -0.25) is 4.68 Å². The summed E-state index contributed by atoms with van der Waals surface area (Å²) in [5.41, 5.74) is 6.14. The molecule has 0 radical (unpaired) electrons. The molecule has 0 saturated heterocycles. The van der Waals surface area contributed by atoms with Gasteiger partial charge in [-0.05, 0) is 38.4 Å². The lowest BCUT2D eigenvalue weighted by molar-refractivity contribution is 0.552. The Morgan fingerprint density at radius 2 is 1.80 bits per heavy atom. The molecule has 0 aliphatic heterocycles. The Morgan fingerprint density at radius 1 is 1.15 bits per heavy atom. The van der Waals surface area contributed by atoms with Crippen LogP contribution in [0.2, 0.25) is 0 Å². The number of benzene rings is 1. The van der Waals surface area contributed by atoms with E-state index in [9.17, 15) is 0 Å². The molecule has 1 aromatic heterocycles. The highest BCUT2D eigenvalue weighted by atomic mass is 15.3. The van der Waals surface area contributed by atoms with E-state index in [2.05, 4.69) is 62.5 Å². The highest BCUT2D eigenvalue weighted by molar-refractivity contribution is 5.64. The predicted molar refractivity (Wildman–Crippen MR) is 84.7 cm³/mol. The van der Waals surface area contributed by atoms with Gasteiger partial charge in [0.2, 0.25) is 0 Å². The number of nitrogens with one attached hydrogen (secondary N) is 1. The number of aryl methyl sites for hydroxylation is 3. The molecule has 0 bridgehead atoms. The average molecular weight is 271 g/mol. The highest BCUT2D eigenvalue weighted by Crippen LogP contribution is 2.24. The van der Waals surface area contributed by atoms with Crippen molar-refractivity contribution in [2.24, 2.45) is 13.0 Å². The summed E-state index contributed by atoms with van der Waals surface area (Å²) >= 11 is 0. The van der Waals surface area contributed by atoms with Gasteiger partial charge in [0.25, 0.3) is 0 Å². The third-order valence-corrected chi connectivity index (χ3v) is 3.27. The van der Waals surface area contributed by atoms with E-state index in [0.29, 0.717) is 5.92 Å². The second-order valence-electron chi connectivity index (χ2n) is 6.08. The summed E-state index contributed by atoms with van der Waals surface area (Å²) in [5.74, 6) is 0.663. The molecule has 2 rings (SSSR count). The Bertz CT molecular complexity index is 562. The summed E-state index contributed by atoms with van der Waals surface area (Å²) in [5, 5.41) is 8.14. The van der Waals surface area contributed by atoms with Gasteiger partial charge in [-0.25, -0.2) is 0 Å². The number of hydrogen-bond acceptors (Lipinski definition) is 2. The van der Waals surface area contributed by atoms with E-state index in [1.165, 1.54) is 22.3 Å². The summed E-state index contributed by atoms with van der Waals surface area (Å²) in [6, 6.07) is 6.62. The van der Waals surface area contributed by atoms with Gasteiger partial charge in [-0.1, -0.05) is 31.0 Å². The first kappa shape index (κ1) is 14.8. The summed E-state index contributed by atoms with van der Waals surface area (Å²) < 4.78 is 1.90. The molecule has 0 aliphatic carbocycles. The molecule has 0 atom stereocenters. The van der Waals surface area contributed by atoms with E-state index in [-0.39, 0.29) is 0 Å². The third-order valence-electron chi connectivity index (χ3n) is 3.27. The zero-order valence-corrected chi connectivity index (χ0v) is 13.2.